The molecule has 1 N–H and O–H groups in total. The number of aromatic amines is 1. The molecule has 0 fully saturated rings. The molecule has 0 saturated heterocycles. The van der Waals surface area contributed by atoms with Crippen molar-refractivity contribution in [1.29, 1.82) is 0 Å². The molecule has 178 valence electrons. The summed E-state index contributed by atoms with van der Waals surface area (Å²) in [5.74, 6) is 1.88. The summed E-state index contributed by atoms with van der Waals surface area (Å²) in [4.78, 5) is 20.0. The van der Waals surface area contributed by atoms with Crippen LogP contribution in [0.4, 0.5) is 0 Å². The molecule has 0 unspecified atom stereocenters. The van der Waals surface area contributed by atoms with Crippen LogP contribution in [0.3, 0.4) is 0 Å². The van der Waals surface area contributed by atoms with Crippen molar-refractivity contribution in [3.8, 4) is 22.8 Å². The van der Waals surface area contributed by atoms with Crippen LogP contribution in [0, 0.1) is 12.8 Å². The molecule has 4 aromatic rings. The van der Waals surface area contributed by atoms with Gasteiger partial charge in [0.05, 0.1) is 25.6 Å². The van der Waals surface area contributed by atoms with Crippen molar-refractivity contribution in [1.82, 2.24) is 19.5 Å². The highest BCUT2D eigenvalue weighted by molar-refractivity contribution is 5.64. The van der Waals surface area contributed by atoms with Crippen LogP contribution in [0.15, 0.2) is 59.4 Å². The van der Waals surface area contributed by atoms with Gasteiger partial charge in [-0.25, -0.2) is 9.50 Å². The van der Waals surface area contributed by atoms with E-state index in [0.29, 0.717) is 36.2 Å². The zero-order valence-electron chi connectivity index (χ0n) is 20.5. The van der Waals surface area contributed by atoms with Gasteiger partial charge in [0.2, 0.25) is 0 Å². The molecule has 7 heteroatoms. The number of ether oxygens (including phenoxy) is 2. The summed E-state index contributed by atoms with van der Waals surface area (Å²) in [6.07, 6.45) is 0. The topological polar surface area (TPSA) is 71.9 Å². The minimum absolute atomic E-state index is 0.117. The molecule has 2 aromatic heterocycles. The molecule has 0 spiro atoms. The predicted octanol–water partition coefficient (Wildman–Crippen LogP) is 4.67. The van der Waals surface area contributed by atoms with E-state index in [1.54, 1.807) is 20.3 Å². The van der Waals surface area contributed by atoms with Crippen molar-refractivity contribution < 1.29 is 9.47 Å². The lowest BCUT2D eigenvalue weighted by Crippen LogP contribution is -2.28. The molecule has 2 aromatic carbocycles. The summed E-state index contributed by atoms with van der Waals surface area (Å²) < 4.78 is 12.3. The molecule has 4 rings (SSSR count). The van der Waals surface area contributed by atoms with Crippen LogP contribution in [0.1, 0.15) is 30.7 Å². The second kappa shape index (κ2) is 10.1. The van der Waals surface area contributed by atoms with Crippen molar-refractivity contribution in [2.24, 2.45) is 5.92 Å². The van der Waals surface area contributed by atoms with E-state index < -0.39 is 0 Å². The number of nitrogens with one attached hydrogen (secondary N) is 1. The monoisotopic (exact) mass is 460 g/mol. The van der Waals surface area contributed by atoms with Gasteiger partial charge in [0, 0.05) is 31.8 Å². The molecular formula is C27H32N4O3. The van der Waals surface area contributed by atoms with Crippen LogP contribution in [-0.2, 0) is 13.1 Å². The van der Waals surface area contributed by atoms with Gasteiger partial charge in [-0.15, -0.1) is 0 Å². The Morgan fingerprint density at radius 1 is 0.971 bits per heavy atom. The average molecular weight is 461 g/mol. The lowest BCUT2D eigenvalue weighted by atomic mass is 10.1. The largest absolute Gasteiger partial charge is 0.493 e. The molecule has 0 atom stereocenters. The quantitative estimate of drug-likeness (QED) is 0.393. The van der Waals surface area contributed by atoms with Crippen LogP contribution in [0.25, 0.3) is 16.9 Å². The Bertz CT molecular complexity index is 1320. The fraction of sp³-hybridized carbons (Fsp3) is 0.333. The van der Waals surface area contributed by atoms with Crippen LogP contribution < -0.4 is 15.0 Å². The lowest BCUT2D eigenvalue weighted by Gasteiger charge is -2.24. The van der Waals surface area contributed by atoms with E-state index in [0.717, 1.165) is 29.1 Å². The minimum atomic E-state index is -0.117. The van der Waals surface area contributed by atoms with Gasteiger partial charge in [-0.3, -0.25) is 14.8 Å². The number of benzene rings is 2. The van der Waals surface area contributed by atoms with Gasteiger partial charge in [0.25, 0.3) is 5.56 Å². The number of hydrogen-bond donors (Lipinski definition) is 1. The van der Waals surface area contributed by atoms with Gasteiger partial charge >= 0.3 is 0 Å². The van der Waals surface area contributed by atoms with Gasteiger partial charge in [0.15, 0.2) is 17.1 Å². The molecule has 0 aliphatic rings. The van der Waals surface area contributed by atoms with E-state index in [-0.39, 0.29) is 5.56 Å². The molecule has 0 aliphatic carbocycles. The third kappa shape index (κ3) is 5.31. The van der Waals surface area contributed by atoms with Crippen molar-refractivity contribution in [3.05, 3.63) is 81.8 Å². The normalized spacial score (nSPS) is 11.5. The fourth-order valence-corrected chi connectivity index (χ4v) is 4.17. The number of rotatable bonds is 9. The predicted molar refractivity (Wildman–Crippen MR) is 134 cm³/mol. The Morgan fingerprint density at radius 2 is 1.71 bits per heavy atom. The molecule has 0 radical (unpaired) electrons. The second-order valence-electron chi connectivity index (χ2n) is 9.07. The number of H-pyrrole nitrogens is 1. The lowest BCUT2D eigenvalue weighted by molar-refractivity contribution is 0.224. The molecule has 0 amide bonds. The molecule has 7 nitrogen and oxygen atoms in total. The maximum atomic E-state index is 12.9. The van der Waals surface area contributed by atoms with Crippen molar-refractivity contribution in [3.63, 3.8) is 0 Å². The van der Waals surface area contributed by atoms with Gasteiger partial charge in [-0.2, -0.15) is 0 Å². The first-order chi connectivity index (χ1) is 16.4. The van der Waals surface area contributed by atoms with Crippen LogP contribution in [0.2, 0.25) is 0 Å². The Labute approximate surface area is 200 Å². The minimum Gasteiger partial charge on any atom is -0.493 e. The zero-order valence-corrected chi connectivity index (χ0v) is 20.5. The first-order valence-electron chi connectivity index (χ1n) is 11.5. The van der Waals surface area contributed by atoms with Crippen molar-refractivity contribution in [2.75, 3.05) is 20.8 Å². The Hall–Kier alpha value is -3.58. The fourth-order valence-electron chi connectivity index (χ4n) is 4.17. The van der Waals surface area contributed by atoms with Crippen molar-refractivity contribution in [2.45, 2.75) is 33.9 Å². The molecule has 34 heavy (non-hydrogen) atoms. The zero-order chi connectivity index (χ0) is 24.2. The van der Waals surface area contributed by atoms with Crippen molar-refractivity contribution >= 4 is 5.65 Å². The Morgan fingerprint density at radius 3 is 2.38 bits per heavy atom. The maximum absolute atomic E-state index is 12.9. The SMILES string of the molecule is COc1ccc(CN(Cc2cc(=O)n3[nH]c(-c4ccc(C)cc4)cc3n2)CC(C)C)cc1OC. The van der Waals surface area contributed by atoms with Gasteiger partial charge in [-0.1, -0.05) is 49.7 Å². The summed E-state index contributed by atoms with van der Waals surface area (Å²) in [7, 11) is 3.27. The van der Waals surface area contributed by atoms with Crippen LogP contribution in [0.5, 0.6) is 11.5 Å². The first-order valence-corrected chi connectivity index (χ1v) is 11.5. The number of hydrogen-bond acceptors (Lipinski definition) is 5. The third-order valence-corrected chi connectivity index (χ3v) is 5.73. The summed E-state index contributed by atoms with van der Waals surface area (Å²) in [5.41, 5.74) is 5.44. The standard InChI is InChI=1S/C27H32N4O3/c1-18(2)15-30(16-20-8-11-24(33-4)25(12-20)34-5)17-22-13-27(32)31-26(28-22)14-23(29-31)21-9-6-19(3)7-10-21/h6-14,18,29H,15-17H2,1-5H3. The van der Waals surface area contributed by atoms with E-state index in [4.69, 9.17) is 14.5 Å². The van der Waals surface area contributed by atoms with Gasteiger partial charge in [-0.05, 0) is 36.1 Å². The summed E-state index contributed by atoms with van der Waals surface area (Å²) >= 11 is 0. The van der Waals surface area contributed by atoms with E-state index in [9.17, 15) is 4.79 Å². The van der Waals surface area contributed by atoms with E-state index in [1.807, 2.05) is 36.4 Å². The summed E-state index contributed by atoms with van der Waals surface area (Å²) in [5, 5.41) is 3.18. The number of nitrogens with zero attached hydrogens (tertiary/aromatic N) is 3. The van der Waals surface area contributed by atoms with E-state index in [2.05, 4.69) is 42.9 Å². The Kier molecular flexibility index (Phi) is 7.03. The van der Waals surface area contributed by atoms with Gasteiger partial charge < -0.3 is 9.47 Å². The molecule has 2 heterocycles. The highest BCUT2D eigenvalue weighted by atomic mass is 16.5. The number of fused-ring (bicyclic) bond motifs is 1. The van der Waals surface area contributed by atoms with E-state index >= 15 is 0 Å². The average Bonchev–Trinajstić information content (AvgIpc) is 3.23. The number of methoxy groups -OCH3 is 2. The van der Waals surface area contributed by atoms with Crippen LogP contribution >= 0.6 is 0 Å². The molecular weight excluding hydrogens is 428 g/mol. The second-order valence-corrected chi connectivity index (χ2v) is 9.07. The summed E-state index contributed by atoms with van der Waals surface area (Å²) in [6, 6.07) is 17.7. The third-order valence-electron chi connectivity index (χ3n) is 5.73. The molecule has 0 saturated carbocycles. The summed E-state index contributed by atoms with van der Waals surface area (Å²) in [6.45, 7) is 8.58. The van der Waals surface area contributed by atoms with Gasteiger partial charge in [0.1, 0.15) is 0 Å². The first kappa shape index (κ1) is 23.6. The Balaban J connectivity index is 1.61. The molecule has 0 aliphatic heterocycles. The highest BCUT2D eigenvalue weighted by Gasteiger charge is 2.15. The maximum Gasteiger partial charge on any atom is 0.272 e. The smallest absolute Gasteiger partial charge is 0.272 e. The molecule has 0 bridgehead atoms. The highest BCUT2D eigenvalue weighted by Crippen LogP contribution is 2.28. The van der Waals surface area contributed by atoms with Crippen LogP contribution in [-0.4, -0.2) is 40.3 Å². The van der Waals surface area contributed by atoms with E-state index in [1.165, 1.54) is 10.1 Å². The number of aryl methyl sites for hydroxylation is 1. The number of aromatic nitrogens is 3.